The minimum Gasteiger partial charge on any atom is -0.354 e. The van der Waals surface area contributed by atoms with Crippen LogP contribution in [-0.4, -0.2) is 70.8 Å². The minimum absolute atomic E-state index is 0.316. The molecule has 0 atom stereocenters. The maximum absolute atomic E-state index is 13.5. The number of rotatable bonds is 8. The normalized spacial score (nSPS) is 20.8. The van der Waals surface area contributed by atoms with E-state index in [9.17, 15) is 4.39 Å². The summed E-state index contributed by atoms with van der Waals surface area (Å²) < 4.78 is 25.1. The number of hydrogen-bond acceptors (Lipinski definition) is 8. The SMILES string of the molecule is CN(C)CCCNc1nccc(-c2[nH]c(C3OCC(C)(N)CO3)nc2-c2ccc(F)cc2)n1. The fraction of sp³-hybridized carbons (Fsp3) is 0.435. The zero-order valence-electron chi connectivity index (χ0n) is 19.1. The van der Waals surface area contributed by atoms with Crippen LogP contribution >= 0.6 is 0 Å². The predicted octanol–water partition coefficient (Wildman–Crippen LogP) is 2.80. The molecular weight excluding hydrogens is 425 g/mol. The molecule has 0 radical (unpaired) electrons. The van der Waals surface area contributed by atoms with Gasteiger partial charge in [-0.15, -0.1) is 0 Å². The average molecular weight is 456 g/mol. The van der Waals surface area contributed by atoms with Gasteiger partial charge in [-0.25, -0.2) is 19.3 Å². The van der Waals surface area contributed by atoms with Gasteiger partial charge in [-0.3, -0.25) is 0 Å². The lowest BCUT2D eigenvalue weighted by Gasteiger charge is -2.33. The Kier molecular flexibility index (Phi) is 6.99. The van der Waals surface area contributed by atoms with Crippen molar-refractivity contribution in [3.05, 3.63) is 48.2 Å². The van der Waals surface area contributed by atoms with E-state index in [1.165, 1.54) is 12.1 Å². The van der Waals surface area contributed by atoms with Crippen molar-refractivity contribution in [2.45, 2.75) is 25.2 Å². The molecule has 0 bridgehead atoms. The van der Waals surface area contributed by atoms with Crippen molar-refractivity contribution in [3.8, 4) is 22.6 Å². The number of anilines is 1. The van der Waals surface area contributed by atoms with E-state index in [0.29, 0.717) is 42.1 Å². The monoisotopic (exact) mass is 455 g/mol. The Labute approximate surface area is 192 Å². The van der Waals surface area contributed by atoms with Crippen molar-refractivity contribution >= 4 is 5.95 Å². The molecule has 0 spiro atoms. The van der Waals surface area contributed by atoms with Gasteiger partial charge in [0.05, 0.1) is 35.8 Å². The van der Waals surface area contributed by atoms with Crippen LogP contribution in [-0.2, 0) is 9.47 Å². The molecule has 4 N–H and O–H groups in total. The number of aromatic amines is 1. The number of ether oxygens (including phenoxy) is 2. The summed E-state index contributed by atoms with van der Waals surface area (Å²) in [6.07, 6.45) is 1.98. The molecule has 0 amide bonds. The second kappa shape index (κ2) is 9.92. The highest BCUT2D eigenvalue weighted by molar-refractivity contribution is 5.77. The lowest BCUT2D eigenvalue weighted by molar-refractivity contribution is -0.211. The molecule has 3 heterocycles. The van der Waals surface area contributed by atoms with Crippen LogP contribution in [0, 0.1) is 5.82 Å². The van der Waals surface area contributed by atoms with E-state index in [-0.39, 0.29) is 5.82 Å². The molecule has 10 heteroatoms. The Morgan fingerprint density at radius 2 is 1.91 bits per heavy atom. The van der Waals surface area contributed by atoms with Crippen LogP contribution in [0.15, 0.2) is 36.5 Å². The molecule has 1 aromatic carbocycles. The third kappa shape index (κ3) is 5.91. The summed E-state index contributed by atoms with van der Waals surface area (Å²) >= 11 is 0. The van der Waals surface area contributed by atoms with E-state index in [1.54, 1.807) is 24.4 Å². The average Bonchev–Trinajstić information content (AvgIpc) is 3.23. The van der Waals surface area contributed by atoms with Crippen molar-refractivity contribution in [3.63, 3.8) is 0 Å². The van der Waals surface area contributed by atoms with Gasteiger partial charge in [0.1, 0.15) is 5.82 Å². The van der Waals surface area contributed by atoms with E-state index in [1.807, 2.05) is 21.0 Å². The maximum atomic E-state index is 13.5. The fourth-order valence-corrected chi connectivity index (χ4v) is 3.46. The third-order valence-electron chi connectivity index (χ3n) is 5.17. The van der Waals surface area contributed by atoms with Crippen LogP contribution in [0.25, 0.3) is 22.6 Å². The van der Waals surface area contributed by atoms with Crippen LogP contribution in [0.2, 0.25) is 0 Å². The standard InChI is InChI=1S/C23H30FN7O2/c1-23(25)13-32-21(33-14-23)20-29-18(15-5-7-16(24)8-6-15)19(30-20)17-9-11-27-22(28-17)26-10-4-12-31(2)3/h5-9,11,21H,4,10,12-14,25H2,1-3H3,(H,29,30)(H,26,27,28). The molecule has 9 nitrogen and oxygen atoms in total. The van der Waals surface area contributed by atoms with Crippen LogP contribution in [0.1, 0.15) is 25.5 Å². The van der Waals surface area contributed by atoms with Crippen LogP contribution in [0.3, 0.4) is 0 Å². The first-order chi connectivity index (χ1) is 15.8. The lowest BCUT2D eigenvalue weighted by Crippen LogP contribution is -2.50. The van der Waals surface area contributed by atoms with Crippen molar-refractivity contribution in [1.29, 1.82) is 0 Å². The molecular formula is C23H30FN7O2. The summed E-state index contributed by atoms with van der Waals surface area (Å²) in [7, 11) is 4.08. The van der Waals surface area contributed by atoms with Gasteiger partial charge in [0.15, 0.2) is 5.82 Å². The number of nitrogens with one attached hydrogen (secondary N) is 2. The van der Waals surface area contributed by atoms with Crippen molar-refractivity contribution < 1.29 is 13.9 Å². The first-order valence-corrected chi connectivity index (χ1v) is 10.9. The van der Waals surface area contributed by atoms with Gasteiger partial charge in [0.25, 0.3) is 0 Å². The number of aromatic nitrogens is 4. The summed E-state index contributed by atoms with van der Waals surface area (Å²) in [5.74, 6) is 0.707. The number of H-pyrrole nitrogens is 1. The smallest absolute Gasteiger partial charge is 0.223 e. The quantitative estimate of drug-likeness (QED) is 0.444. The third-order valence-corrected chi connectivity index (χ3v) is 5.17. The highest BCUT2D eigenvalue weighted by Crippen LogP contribution is 2.33. The molecule has 1 aliphatic heterocycles. The van der Waals surface area contributed by atoms with Gasteiger partial charge in [-0.05, 0) is 64.3 Å². The summed E-state index contributed by atoms with van der Waals surface area (Å²) in [4.78, 5) is 19.1. The number of benzene rings is 1. The summed E-state index contributed by atoms with van der Waals surface area (Å²) in [6, 6.07) is 7.96. The maximum Gasteiger partial charge on any atom is 0.223 e. The van der Waals surface area contributed by atoms with Gasteiger partial charge in [-0.2, -0.15) is 0 Å². The second-order valence-corrected chi connectivity index (χ2v) is 8.81. The molecule has 0 saturated carbocycles. The van der Waals surface area contributed by atoms with Crippen LogP contribution < -0.4 is 11.1 Å². The highest BCUT2D eigenvalue weighted by atomic mass is 19.1. The minimum atomic E-state index is -0.681. The molecule has 2 aromatic heterocycles. The number of imidazole rings is 1. The van der Waals surface area contributed by atoms with Gasteiger partial charge >= 0.3 is 0 Å². The zero-order chi connectivity index (χ0) is 23.4. The largest absolute Gasteiger partial charge is 0.354 e. The summed E-state index contributed by atoms with van der Waals surface area (Å²) in [5, 5.41) is 3.26. The first-order valence-electron chi connectivity index (χ1n) is 10.9. The molecule has 1 aliphatic rings. The Morgan fingerprint density at radius 1 is 1.18 bits per heavy atom. The Hall–Kier alpha value is -2.92. The number of nitrogens with zero attached hydrogens (tertiary/aromatic N) is 4. The number of halogens is 1. The second-order valence-electron chi connectivity index (χ2n) is 8.81. The van der Waals surface area contributed by atoms with Gasteiger partial charge < -0.3 is 30.4 Å². The number of nitrogens with two attached hydrogens (primary N) is 1. The molecule has 33 heavy (non-hydrogen) atoms. The van der Waals surface area contributed by atoms with Gasteiger partial charge in [0.2, 0.25) is 12.2 Å². The van der Waals surface area contributed by atoms with Crippen LogP contribution in [0.4, 0.5) is 10.3 Å². The Bertz CT molecular complexity index is 1060. The van der Waals surface area contributed by atoms with Crippen molar-refractivity contribution in [2.75, 3.05) is 45.7 Å². The van der Waals surface area contributed by atoms with Crippen LogP contribution in [0.5, 0.6) is 0 Å². The Morgan fingerprint density at radius 3 is 2.61 bits per heavy atom. The molecule has 0 aliphatic carbocycles. The molecule has 176 valence electrons. The number of hydrogen-bond donors (Lipinski definition) is 3. The van der Waals surface area contributed by atoms with Gasteiger partial charge in [0, 0.05) is 18.3 Å². The first kappa shape index (κ1) is 23.2. The van der Waals surface area contributed by atoms with E-state index in [2.05, 4.69) is 25.2 Å². The zero-order valence-corrected chi connectivity index (χ0v) is 19.1. The topological polar surface area (TPSA) is 114 Å². The van der Waals surface area contributed by atoms with Crippen molar-refractivity contribution in [1.82, 2.24) is 24.8 Å². The van der Waals surface area contributed by atoms with E-state index in [0.717, 1.165) is 25.1 Å². The molecule has 4 rings (SSSR count). The van der Waals surface area contributed by atoms with Crippen molar-refractivity contribution in [2.24, 2.45) is 5.73 Å². The van der Waals surface area contributed by atoms with E-state index >= 15 is 0 Å². The molecule has 0 unspecified atom stereocenters. The molecule has 1 saturated heterocycles. The van der Waals surface area contributed by atoms with E-state index < -0.39 is 11.8 Å². The Balaban J connectivity index is 1.63. The lowest BCUT2D eigenvalue weighted by atomic mass is 10.1. The highest BCUT2D eigenvalue weighted by Gasteiger charge is 2.32. The summed E-state index contributed by atoms with van der Waals surface area (Å²) in [5.41, 5.74) is 8.22. The molecule has 3 aromatic rings. The van der Waals surface area contributed by atoms with E-state index in [4.69, 9.17) is 20.2 Å². The van der Waals surface area contributed by atoms with Gasteiger partial charge in [-0.1, -0.05) is 0 Å². The fourth-order valence-electron chi connectivity index (χ4n) is 3.46. The predicted molar refractivity (Wildman–Crippen MR) is 124 cm³/mol. The summed E-state index contributed by atoms with van der Waals surface area (Å²) in [6.45, 7) is 4.27. The molecule has 1 fully saturated rings.